The van der Waals surface area contributed by atoms with Crippen LogP contribution >= 0.6 is 0 Å². The van der Waals surface area contributed by atoms with Crippen LogP contribution in [0, 0.1) is 6.92 Å². The first kappa shape index (κ1) is 20.5. The number of aromatic amines is 1. The van der Waals surface area contributed by atoms with E-state index in [9.17, 15) is 0 Å². The molecule has 0 saturated carbocycles. The van der Waals surface area contributed by atoms with Crippen LogP contribution in [-0.2, 0) is 10.2 Å². The highest BCUT2D eigenvalue weighted by atomic mass is 16.5. The number of benzene rings is 3. The molecule has 164 valence electrons. The number of nitrogens with one attached hydrogen (secondary N) is 1. The van der Waals surface area contributed by atoms with Gasteiger partial charge in [0.05, 0.1) is 45.7 Å². The van der Waals surface area contributed by atoms with E-state index >= 15 is 0 Å². The van der Waals surface area contributed by atoms with Crippen LogP contribution in [0.4, 0.5) is 0 Å². The Bertz CT molecular complexity index is 1240. The maximum Gasteiger partial charge on any atom is 0.203 e. The first-order chi connectivity index (χ1) is 15.6. The van der Waals surface area contributed by atoms with Gasteiger partial charge in [0.1, 0.15) is 0 Å². The Morgan fingerprint density at radius 2 is 1.50 bits per heavy atom. The number of para-hydroxylation sites is 1. The largest absolute Gasteiger partial charge is 0.493 e. The number of hydrogen-bond donors (Lipinski definition) is 1. The van der Waals surface area contributed by atoms with Crippen LogP contribution in [0.2, 0.25) is 0 Å². The van der Waals surface area contributed by atoms with Gasteiger partial charge >= 0.3 is 0 Å². The smallest absolute Gasteiger partial charge is 0.203 e. The van der Waals surface area contributed by atoms with Gasteiger partial charge in [0.15, 0.2) is 11.5 Å². The summed E-state index contributed by atoms with van der Waals surface area (Å²) in [5.74, 6) is 1.88. The second kappa shape index (κ2) is 7.92. The summed E-state index contributed by atoms with van der Waals surface area (Å²) in [6.45, 7) is 3.26. The van der Waals surface area contributed by atoms with Crippen LogP contribution in [0.3, 0.4) is 0 Å². The van der Waals surface area contributed by atoms with Crippen LogP contribution in [0.1, 0.15) is 16.7 Å². The van der Waals surface area contributed by atoms with Crippen LogP contribution in [0.5, 0.6) is 17.2 Å². The van der Waals surface area contributed by atoms with Crippen molar-refractivity contribution in [2.75, 3.05) is 34.5 Å². The molecule has 1 aromatic heterocycles. The maximum absolute atomic E-state index is 5.85. The normalized spacial score (nSPS) is 14.8. The average Bonchev–Trinajstić information content (AvgIpc) is 3.18. The van der Waals surface area contributed by atoms with E-state index < -0.39 is 0 Å². The summed E-state index contributed by atoms with van der Waals surface area (Å²) >= 11 is 0. The van der Waals surface area contributed by atoms with Gasteiger partial charge in [0.2, 0.25) is 5.75 Å². The first-order valence-corrected chi connectivity index (χ1v) is 10.7. The number of ether oxygens (including phenoxy) is 4. The predicted octanol–water partition coefficient (Wildman–Crippen LogP) is 5.49. The van der Waals surface area contributed by atoms with E-state index in [1.54, 1.807) is 21.3 Å². The van der Waals surface area contributed by atoms with Crippen LogP contribution in [0.25, 0.3) is 22.2 Å². The van der Waals surface area contributed by atoms with Crippen molar-refractivity contribution in [3.05, 3.63) is 77.4 Å². The molecule has 0 unspecified atom stereocenters. The van der Waals surface area contributed by atoms with Gasteiger partial charge in [-0.2, -0.15) is 0 Å². The summed E-state index contributed by atoms with van der Waals surface area (Å²) in [6, 6.07) is 21.2. The molecule has 1 N–H and O–H groups in total. The molecule has 0 atom stereocenters. The number of rotatable bonds is 6. The Kier molecular flexibility index (Phi) is 5.06. The third-order valence-electron chi connectivity index (χ3n) is 6.44. The van der Waals surface area contributed by atoms with Crippen molar-refractivity contribution in [1.29, 1.82) is 0 Å². The second-order valence-corrected chi connectivity index (χ2v) is 8.28. The highest BCUT2D eigenvalue weighted by Gasteiger charge is 2.46. The summed E-state index contributed by atoms with van der Waals surface area (Å²) in [4.78, 5) is 3.68. The van der Waals surface area contributed by atoms with Crippen molar-refractivity contribution in [3.8, 4) is 28.5 Å². The predicted molar refractivity (Wildman–Crippen MR) is 126 cm³/mol. The molecule has 3 aromatic carbocycles. The van der Waals surface area contributed by atoms with Crippen molar-refractivity contribution >= 4 is 10.9 Å². The molecule has 5 heteroatoms. The Morgan fingerprint density at radius 1 is 0.844 bits per heavy atom. The standard InChI is InChI=1S/C27H27NO4/c1-17-9-11-18(12-10-17)25-24(20-7-5-6-8-21(20)28-25)27(15-32-16-27)19-13-22(29-2)26(31-4)23(14-19)30-3/h5-14,28H,15-16H2,1-4H3. The van der Waals surface area contributed by atoms with Gasteiger partial charge in [-0.05, 0) is 36.2 Å². The Hall–Kier alpha value is -3.44. The van der Waals surface area contributed by atoms with Gasteiger partial charge in [0, 0.05) is 16.5 Å². The molecule has 1 aliphatic heterocycles. The monoisotopic (exact) mass is 429 g/mol. The summed E-state index contributed by atoms with van der Waals surface area (Å²) in [7, 11) is 4.92. The summed E-state index contributed by atoms with van der Waals surface area (Å²) in [5.41, 5.74) is 6.58. The lowest BCUT2D eigenvalue weighted by atomic mass is 9.71. The van der Waals surface area contributed by atoms with Gasteiger partial charge in [-0.1, -0.05) is 48.0 Å². The minimum absolute atomic E-state index is 0.341. The molecule has 0 bridgehead atoms. The van der Waals surface area contributed by atoms with Crippen molar-refractivity contribution < 1.29 is 18.9 Å². The van der Waals surface area contributed by atoms with Crippen LogP contribution in [-0.4, -0.2) is 39.5 Å². The highest BCUT2D eigenvalue weighted by Crippen LogP contribution is 2.50. The Morgan fingerprint density at radius 3 is 2.06 bits per heavy atom. The second-order valence-electron chi connectivity index (χ2n) is 8.28. The molecule has 5 nitrogen and oxygen atoms in total. The number of aromatic nitrogens is 1. The van der Waals surface area contributed by atoms with E-state index in [-0.39, 0.29) is 5.41 Å². The van der Waals surface area contributed by atoms with E-state index in [1.807, 2.05) is 12.1 Å². The molecule has 4 aromatic rings. The van der Waals surface area contributed by atoms with Gasteiger partial charge < -0.3 is 23.9 Å². The number of methoxy groups -OCH3 is 3. The van der Waals surface area contributed by atoms with Crippen molar-refractivity contribution in [1.82, 2.24) is 4.98 Å². The topological polar surface area (TPSA) is 52.7 Å². The van der Waals surface area contributed by atoms with Crippen LogP contribution in [0.15, 0.2) is 60.7 Å². The SMILES string of the molecule is COc1cc(C2(c3c(-c4ccc(C)cc4)[nH]c4ccccc34)COC2)cc(OC)c1OC. The minimum atomic E-state index is -0.341. The van der Waals surface area contributed by atoms with Gasteiger partial charge in [-0.25, -0.2) is 0 Å². The molecule has 1 fully saturated rings. The van der Waals surface area contributed by atoms with E-state index in [1.165, 1.54) is 16.5 Å². The number of aryl methyl sites for hydroxylation is 1. The lowest BCUT2D eigenvalue weighted by Gasteiger charge is -2.43. The lowest BCUT2D eigenvalue weighted by molar-refractivity contribution is -0.0371. The molecule has 0 radical (unpaired) electrons. The van der Waals surface area contributed by atoms with Crippen molar-refractivity contribution in [2.24, 2.45) is 0 Å². The molecule has 1 aliphatic rings. The fourth-order valence-electron chi connectivity index (χ4n) is 4.69. The molecule has 2 heterocycles. The van der Waals surface area contributed by atoms with Gasteiger partial charge in [0.25, 0.3) is 0 Å². The first-order valence-electron chi connectivity index (χ1n) is 10.7. The zero-order valence-electron chi connectivity index (χ0n) is 18.8. The number of hydrogen-bond acceptors (Lipinski definition) is 4. The summed E-state index contributed by atoms with van der Waals surface area (Å²) < 4.78 is 22.7. The molecule has 0 spiro atoms. The van der Waals surface area contributed by atoms with Crippen LogP contribution < -0.4 is 14.2 Å². The zero-order valence-corrected chi connectivity index (χ0v) is 18.8. The average molecular weight is 430 g/mol. The highest BCUT2D eigenvalue weighted by molar-refractivity contribution is 5.93. The Balaban J connectivity index is 1.79. The third-order valence-corrected chi connectivity index (χ3v) is 6.44. The van der Waals surface area contributed by atoms with Crippen molar-refractivity contribution in [2.45, 2.75) is 12.3 Å². The fourth-order valence-corrected chi connectivity index (χ4v) is 4.69. The molecule has 0 aliphatic carbocycles. The van der Waals surface area contributed by atoms with Gasteiger partial charge in [-0.15, -0.1) is 0 Å². The molecular weight excluding hydrogens is 402 g/mol. The van der Waals surface area contributed by atoms with E-state index in [2.05, 4.69) is 60.4 Å². The van der Waals surface area contributed by atoms with E-state index in [0.29, 0.717) is 30.5 Å². The summed E-state index contributed by atoms with van der Waals surface area (Å²) in [5, 5.41) is 1.19. The molecule has 5 rings (SSSR count). The molecule has 1 saturated heterocycles. The van der Waals surface area contributed by atoms with E-state index in [4.69, 9.17) is 18.9 Å². The fraction of sp³-hybridized carbons (Fsp3) is 0.259. The number of fused-ring (bicyclic) bond motifs is 1. The zero-order chi connectivity index (χ0) is 22.3. The lowest BCUT2D eigenvalue weighted by Crippen LogP contribution is -2.48. The Labute approximate surface area is 187 Å². The molecule has 0 amide bonds. The van der Waals surface area contributed by atoms with Gasteiger partial charge in [-0.3, -0.25) is 0 Å². The molecular formula is C27H27NO4. The number of H-pyrrole nitrogens is 1. The maximum atomic E-state index is 5.85. The van der Waals surface area contributed by atoms with Crippen molar-refractivity contribution in [3.63, 3.8) is 0 Å². The summed E-state index contributed by atoms with van der Waals surface area (Å²) in [6.07, 6.45) is 0. The third kappa shape index (κ3) is 3.04. The van der Waals surface area contributed by atoms with E-state index in [0.717, 1.165) is 22.3 Å². The quantitative estimate of drug-likeness (QED) is 0.441. The molecule has 32 heavy (non-hydrogen) atoms. The minimum Gasteiger partial charge on any atom is -0.493 e.